The second-order valence-corrected chi connectivity index (χ2v) is 5.26. The van der Waals surface area contributed by atoms with Gasteiger partial charge in [-0.05, 0) is 43.0 Å². The number of rotatable bonds is 4. The Bertz CT molecular complexity index is 452. The predicted octanol–water partition coefficient (Wildman–Crippen LogP) is 2.59. The molecule has 1 aromatic carbocycles. The lowest BCUT2D eigenvalue weighted by atomic mass is 9.94. The third-order valence-corrected chi connectivity index (χ3v) is 4.18. The molecule has 0 saturated heterocycles. The molecule has 3 nitrogen and oxygen atoms in total. The molecule has 0 aliphatic carbocycles. The zero-order valence-corrected chi connectivity index (χ0v) is 12.2. The Hall–Kier alpha value is -1.35. The average Bonchev–Trinajstić information content (AvgIpc) is 2.47. The molecular weight excluding hydrogens is 236 g/mol. The Balaban J connectivity index is 2.29. The van der Waals surface area contributed by atoms with Gasteiger partial charge in [-0.3, -0.25) is 4.79 Å². The lowest BCUT2D eigenvalue weighted by molar-refractivity contribution is 0.0722. The Morgan fingerprint density at radius 3 is 2.79 bits per heavy atom. The van der Waals surface area contributed by atoms with E-state index in [0.29, 0.717) is 6.04 Å². The maximum Gasteiger partial charge on any atom is 0.254 e. The van der Waals surface area contributed by atoms with Gasteiger partial charge in [0.25, 0.3) is 5.91 Å². The van der Waals surface area contributed by atoms with Crippen LogP contribution in [-0.2, 0) is 13.0 Å². The Labute approximate surface area is 116 Å². The number of nitrogens with one attached hydrogen (secondary N) is 1. The Morgan fingerprint density at radius 2 is 2.11 bits per heavy atom. The number of hydrogen-bond acceptors (Lipinski definition) is 2. The van der Waals surface area contributed by atoms with Crippen molar-refractivity contribution < 1.29 is 4.79 Å². The largest absolute Gasteiger partial charge is 0.339 e. The first-order valence-electron chi connectivity index (χ1n) is 7.27. The average molecular weight is 260 g/mol. The summed E-state index contributed by atoms with van der Waals surface area (Å²) in [6.07, 6.45) is 2.97. The predicted molar refractivity (Wildman–Crippen MR) is 78.3 cm³/mol. The van der Waals surface area contributed by atoms with Crippen LogP contribution < -0.4 is 5.32 Å². The van der Waals surface area contributed by atoms with Gasteiger partial charge in [0.1, 0.15) is 0 Å². The van der Waals surface area contributed by atoms with E-state index in [0.717, 1.165) is 37.9 Å². The number of carbonyl (C=O) groups excluding carboxylic acids is 1. The van der Waals surface area contributed by atoms with Crippen molar-refractivity contribution in [3.8, 4) is 0 Å². The van der Waals surface area contributed by atoms with E-state index in [1.54, 1.807) is 0 Å². The second-order valence-electron chi connectivity index (χ2n) is 5.26. The van der Waals surface area contributed by atoms with Crippen molar-refractivity contribution in [2.75, 3.05) is 13.6 Å². The quantitative estimate of drug-likeness (QED) is 0.902. The van der Waals surface area contributed by atoms with E-state index >= 15 is 0 Å². The summed E-state index contributed by atoms with van der Waals surface area (Å²) in [6.45, 7) is 6.13. The molecule has 1 amide bonds. The smallest absolute Gasteiger partial charge is 0.254 e. The minimum atomic E-state index is 0.174. The van der Waals surface area contributed by atoms with E-state index < -0.39 is 0 Å². The second kappa shape index (κ2) is 6.20. The Kier molecular flexibility index (Phi) is 4.59. The maximum atomic E-state index is 12.7. The lowest BCUT2D eigenvalue weighted by Gasteiger charge is -2.28. The van der Waals surface area contributed by atoms with E-state index in [9.17, 15) is 4.79 Å². The van der Waals surface area contributed by atoms with Crippen molar-refractivity contribution in [3.05, 3.63) is 34.9 Å². The van der Waals surface area contributed by atoms with Crippen LogP contribution in [0.25, 0.3) is 0 Å². The molecule has 0 atom stereocenters. The highest BCUT2D eigenvalue weighted by Crippen LogP contribution is 2.21. The summed E-state index contributed by atoms with van der Waals surface area (Å²) in [5.74, 6) is 0.174. The summed E-state index contributed by atoms with van der Waals surface area (Å²) in [5.41, 5.74) is 3.41. The molecular formula is C16H24N2O. The third kappa shape index (κ3) is 2.81. The minimum Gasteiger partial charge on any atom is -0.339 e. The van der Waals surface area contributed by atoms with Gasteiger partial charge in [0.05, 0.1) is 0 Å². The van der Waals surface area contributed by atoms with Crippen molar-refractivity contribution in [3.63, 3.8) is 0 Å². The molecule has 1 aliphatic rings. The van der Waals surface area contributed by atoms with Gasteiger partial charge in [-0.1, -0.05) is 26.0 Å². The molecule has 1 N–H and O–H groups in total. The number of carbonyl (C=O) groups is 1. The van der Waals surface area contributed by atoms with Gasteiger partial charge in [-0.15, -0.1) is 0 Å². The zero-order chi connectivity index (χ0) is 13.8. The van der Waals surface area contributed by atoms with Gasteiger partial charge in [0.15, 0.2) is 0 Å². The van der Waals surface area contributed by atoms with Gasteiger partial charge in [-0.25, -0.2) is 0 Å². The van der Waals surface area contributed by atoms with Crippen LogP contribution in [0.3, 0.4) is 0 Å². The summed E-state index contributed by atoms with van der Waals surface area (Å²) >= 11 is 0. The van der Waals surface area contributed by atoms with Crippen LogP contribution in [0, 0.1) is 0 Å². The van der Waals surface area contributed by atoms with Crippen LogP contribution in [-0.4, -0.2) is 30.4 Å². The SMILES string of the molecule is CCC(CC)N(C)C(=O)c1cccc2c1CCNC2. The summed E-state index contributed by atoms with van der Waals surface area (Å²) in [5, 5.41) is 3.36. The van der Waals surface area contributed by atoms with E-state index in [-0.39, 0.29) is 5.91 Å². The van der Waals surface area contributed by atoms with Crippen LogP contribution in [0.5, 0.6) is 0 Å². The van der Waals surface area contributed by atoms with Crippen molar-refractivity contribution in [2.45, 2.75) is 45.7 Å². The van der Waals surface area contributed by atoms with E-state index in [4.69, 9.17) is 0 Å². The fourth-order valence-electron chi connectivity index (χ4n) is 2.92. The molecule has 1 heterocycles. The number of fused-ring (bicyclic) bond motifs is 1. The molecule has 1 aliphatic heterocycles. The van der Waals surface area contributed by atoms with Crippen molar-refractivity contribution in [1.82, 2.24) is 10.2 Å². The molecule has 2 rings (SSSR count). The van der Waals surface area contributed by atoms with Crippen LogP contribution in [0.4, 0.5) is 0 Å². The molecule has 0 saturated carbocycles. The van der Waals surface area contributed by atoms with Crippen molar-refractivity contribution >= 4 is 5.91 Å². The van der Waals surface area contributed by atoms with Crippen molar-refractivity contribution in [2.24, 2.45) is 0 Å². The van der Waals surface area contributed by atoms with Crippen LogP contribution in [0.2, 0.25) is 0 Å². The third-order valence-electron chi connectivity index (χ3n) is 4.18. The molecule has 0 radical (unpaired) electrons. The summed E-state index contributed by atoms with van der Waals surface area (Å²) in [6, 6.07) is 6.44. The van der Waals surface area contributed by atoms with Gasteiger partial charge < -0.3 is 10.2 Å². The highest BCUT2D eigenvalue weighted by Gasteiger charge is 2.22. The number of benzene rings is 1. The summed E-state index contributed by atoms with van der Waals surface area (Å²) in [7, 11) is 1.93. The highest BCUT2D eigenvalue weighted by molar-refractivity contribution is 5.96. The molecule has 0 unspecified atom stereocenters. The minimum absolute atomic E-state index is 0.174. The number of hydrogen-bond donors (Lipinski definition) is 1. The van der Waals surface area contributed by atoms with Gasteiger partial charge >= 0.3 is 0 Å². The summed E-state index contributed by atoms with van der Waals surface area (Å²) < 4.78 is 0. The fraction of sp³-hybridized carbons (Fsp3) is 0.562. The molecule has 3 heteroatoms. The topological polar surface area (TPSA) is 32.3 Å². The standard InChI is InChI=1S/C16H24N2O/c1-4-13(5-2)18(3)16(19)15-8-6-7-12-11-17-10-9-14(12)15/h6-8,13,17H,4-5,9-11H2,1-3H3. The van der Waals surface area contributed by atoms with Crippen molar-refractivity contribution in [1.29, 1.82) is 0 Å². The highest BCUT2D eigenvalue weighted by atomic mass is 16.2. The van der Waals surface area contributed by atoms with Gasteiger partial charge in [0, 0.05) is 25.2 Å². The first kappa shape index (κ1) is 14.1. The first-order chi connectivity index (χ1) is 9.19. The van der Waals surface area contributed by atoms with Gasteiger partial charge in [0.2, 0.25) is 0 Å². The molecule has 0 spiro atoms. The van der Waals surface area contributed by atoms with Crippen LogP contribution in [0.1, 0.15) is 48.2 Å². The van der Waals surface area contributed by atoms with Crippen LogP contribution >= 0.6 is 0 Å². The maximum absolute atomic E-state index is 12.7. The molecule has 104 valence electrons. The van der Waals surface area contributed by atoms with E-state index in [1.807, 2.05) is 24.1 Å². The zero-order valence-electron chi connectivity index (χ0n) is 12.2. The number of nitrogens with zero attached hydrogens (tertiary/aromatic N) is 1. The molecule has 19 heavy (non-hydrogen) atoms. The monoisotopic (exact) mass is 260 g/mol. The fourth-order valence-corrected chi connectivity index (χ4v) is 2.92. The van der Waals surface area contributed by atoms with E-state index in [2.05, 4.69) is 25.2 Å². The van der Waals surface area contributed by atoms with Crippen LogP contribution in [0.15, 0.2) is 18.2 Å². The molecule has 0 fully saturated rings. The summed E-state index contributed by atoms with van der Waals surface area (Å²) in [4.78, 5) is 14.6. The Morgan fingerprint density at radius 1 is 1.37 bits per heavy atom. The van der Waals surface area contributed by atoms with E-state index in [1.165, 1.54) is 11.1 Å². The first-order valence-corrected chi connectivity index (χ1v) is 7.27. The lowest BCUT2D eigenvalue weighted by Crippen LogP contribution is -2.37. The molecule has 1 aromatic rings. The normalized spacial score (nSPS) is 14.3. The molecule has 0 aromatic heterocycles. The molecule has 0 bridgehead atoms. The van der Waals surface area contributed by atoms with Gasteiger partial charge in [-0.2, -0.15) is 0 Å². The number of amides is 1.